The molecular weight excluding hydrogens is 264 g/mol. The van der Waals surface area contributed by atoms with E-state index in [2.05, 4.69) is 0 Å². The van der Waals surface area contributed by atoms with Crippen molar-refractivity contribution in [2.45, 2.75) is 6.54 Å². The van der Waals surface area contributed by atoms with E-state index in [4.69, 9.17) is 27.8 Å². The smallest absolute Gasteiger partial charge is 0.254 e. The summed E-state index contributed by atoms with van der Waals surface area (Å²) >= 11 is 5.95. The van der Waals surface area contributed by atoms with Gasteiger partial charge in [-0.05, 0) is 29.8 Å². The normalized spacial score (nSPS) is 10.2. The summed E-state index contributed by atoms with van der Waals surface area (Å²) in [4.78, 5) is 11.4. The van der Waals surface area contributed by atoms with Crippen molar-refractivity contribution < 1.29 is 9.53 Å². The summed E-state index contributed by atoms with van der Waals surface area (Å²) in [5, 5.41) is 0.264. The fourth-order valence-corrected chi connectivity index (χ4v) is 1.95. The van der Waals surface area contributed by atoms with Crippen molar-refractivity contribution in [3.05, 3.63) is 58.6 Å². The number of primary amides is 1. The number of amides is 1. The van der Waals surface area contributed by atoms with Gasteiger partial charge < -0.3 is 16.2 Å². The summed E-state index contributed by atoms with van der Waals surface area (Å²) in [6.45, 7) is 0.412. The highest BCUT2D eigenvalue weighted by molar-refractivity contribution is 6.34. The topological polar surface area (TPSA) is 78.3 Å². The first-order chi connectivity index (χ1) is 9.11. The van der Waals surface area contributed by atoms with E-state index in [1.807, 2.05) is 12.1 Å². The average molecular weight is 277 g/mol. The third-order valence-electron chi connectivity index (χ3n) is 2.58. The summed E-state index contributed by atoms with van der Waals surface area (Å²) in [6, 6.07) is 12.2. The number of carbonyl (C=O) groups excluding carboxylic acids is 1. The quantitative estimate of drug-likeness (QED) is 0.901. The zero-order valence-corrected chi connectivity index (χ0v) is 10.9. The summed E-state index contributed by atoms with van der Waals surface area (Å²) in [5.41, 5.74) is 12.0. The summed E-state index contributed by atoms with van der Waals surface area (Å²) in [7, 11) is 0. The molecule has 0 saturated carbocycles. The first-order valence-electron chi connectivity index (χ1n) is 5.67. The van der Waals surface area contributed by atoms with Gasteiger partial charge in [0.05, 0.1) is 5.02 Å². The average Bonchev–Trinajstić information content (AvgIpc) is 2.38. The van der Waals surface area contributed by atoms with Gasteiger partial charge in [0, 0.05) is 6.54 Å². The first-order valence-corrected chi connectivity index (χ1v) is 6.05. The van der Waals surface area contributed by atoms with Gasteiger partial charge in [0.2, 0.25) is 0 Å². The van der Waals surface area contributed by atoms with E-state index in [1.54, 1.807) is 30.3 Å². The number of hydrogen-bond acceptors (Lipinski definition) is 3. The van der Waals surface area contributed by atoms with Crippen LogP contribution < -0.4 is 16.2 Å². The highest BCUT2D eigenvalue weighted by atomic mass is 35.5. The number of benzene rings is 2. The molecule has 1 amide bonds. The Hall–Kier alpha value is -2.04. The Balaban J connectivity index is 2.38. The highest BCUT2D eigenvalue weighted by Crippen LogP contribution is 2.30. The number of halogens is 1. The third-order valence-corrected chi connectivity index (χ3v) is 2.90. The molecule has 2 aromatic rings. The minimum atomic E-state index is -0.629. The van der Waals surface area contributed by atoms with Crippen LogP contribution in [-0.2, 0) is 6.54 Å². The maximum atomic E-state index is 11.4. The molecular formula is C14H13ClN2O2. The van der Waals surface area contributed by atoms with Crippen LogP contribution in [0.5, 0.6) is 11.5 Å². The van der Waals surface area contributed by atoms with Crippen LogP contribution in [0.15, 0.2) is 42.5 Å². The van der Waals surface area contributed by atoms with E-state index >= 15 is 0 Å². The maximum Gasteiger partial charge on any atom is 0.254 e. The lowest BCUT2D eigenvalue weighted by Gasteiger charge is -2.11. The van der Waals surface area contributed by atoms with Crippen LogP contribution in [0.2, 0.25) is 5.02 Å². The van der Waals surface area contributed by atoms with Gasteiger partial charge in [-0.2, -0.15) is 0 Å². The predicted octanol–water partition coefficient (Wildman–Crippen LogP) is 2.69. The van der Waals surface area contributed by atoms with Gasteiger partial charge in [-0.25, -0.2) is 0 Å². The van der Waals surface area contributed by atoms with Crippen molar-refractivity contribution in [2.75, 3.05) is 0 Å². The van der Waals surface area contributed by atoms with Crippen LogP contribution in [0.1, 0.15) is 15.9 Å². The molecule has 0 bridgehead atoms. The van der Waals surface area contributed by atoms with Crippen molar-refractivity contribution in [1.29, 1.82) is 0 Å². The molecule has 2 aromatic carbocycles. The van der Waals surface area contributed by atoms with Gasteiger partial charge in [0.1, 0.15) is 17.1 Å². The van der Waals surface area contributed by atoms with Gasteiger partial charge in [-0.3, -0.25) is 4.79 Å². The van der Waals surface area contributed by atoms with Crippen LogP contribution in [0, 0.1) is 0 Å². The minimum Gasteiger partial charge on any atom is -0.456 e. The van der Waals surface area contributed by atoms with Crippen LogP contribution in [0.4, 0.5) is 0 Å². The van der Waals surface area contributed by atoms with Crippen LogP contribution >= 0.6 is 11.6 Å². The Kier molecular flexibility index (Phi) is 4.04. The molecule has 2 rings (SSSR count). The molecule has 0 atom stereocenters. The molecule has 0 spiro atoms. The van der Waals surface area contributed by atoms with Gasteiger partial charge in [-0.15, -0.1) is 0 Å². The van der Waals surface area contributed by atoms with E-state index in [1.165, 1.54) is 0 Å². The molecule has 4 nitrogen and oxygen atoms in total. The van der Waals surface area contributed by atoms with Crippen molar-refractivity contribution >= 4 is 17.5 Å². The number of ether oxygens (including phenoxy) is 1. The molecule has 0 aromatic heterocycles. The molecule has 0 heterocycles. The second-order valence-corrected chi connectivity index (χ2v) is 4.34. The Bertz CT molecular complexity index is 614. The molecule has 0 fully saturated rings. The third kappa shape index (κ3) is 3.05. The number of carbonyl (C=O) groups is 1. The fourth-order valence-electron chi connectivity index (χ4n) is 1.69. The number of hydrogen-bond donors (Lipinski definition) is 2. The number of rotatable bonds is 4. The Morgan fingerprint density at radius 1 is 1.21 bits per heavy atom. The molecule has 0 unspecified atom stereocenters. The van der Waals surface area contributed by atoms with Crippen molar-refractivity contribution in [1.82, 2.24) is 0 Å². The zero-order chi connectivity index (χ0) is 13.8. The Morgan fingerprint density at radius 3 is 2.63 bits per heavy atom. The molecule has 0 saturated heterocycles. The SMILES string of the molecule is NCc1cccc(Oc2cccc(Cl)c2C(N)=O)c1. The molecule has 0 aliphatic carbocycles. The number of nitrogens with two attached hydrogens (primary N) is 2. The first kappa shape index (κ1) is 13.4. The monoisotopic (exact) mass is 276 g/mol. The maximum absolute atomic E-state index is 11.4. The molecule has 0 aliphatic rings. The fraction of sp³-hybridized carbons (Fsp3) is 0.0714. The zero-order valence-electron chi connectivity index (χ0n) is 10.1. The van der Waals surface area contributed by atoms with Crippen LogP contribution in [0.25, 0.3) is 0 Å². The second-order valence-electron chi connectivity index (χ2n) is 3.93. The van der Waals surface area contributed by atoms with E-state index in [9.17, 15) is 4.79 Å². The second kappa shape index (κ2) is 5.73. The van der Waals surface area contributed by atoms with E-state index in [0.717, 1.165) is 5.56 Å². The van der Waals surface area contributed by atoms with Crippen molar-refractivity contribution in [3.63, 3.8) is 0 Å². The van der Waals surface area contributed by atoms with Gasteiger partial charge in [-0.1, -0.05) is 29.8 Å². The Morgan fingerprint density at radius 2 is 1.95 bits per heavy atom. The predicted molar refractivity (Wildman–Crippen MR) is 74.4 cm³/mol. The minimum absolute atomic E-state index is 0.169. The summed E-state index contributed by atoms with van der Waals surface area (Å²) in [6.07, 6.45) is 0. The molecule has 5 heteroatoms. The molecule has 19 heavy (non-hydrogen) atoms. The molecule has 0 aliphatic heterocycles. The molecule has 0 radical (unpaired) electrons. The van der Waals surface area contributed by atoms with E-state index in [-0.39, 0.29) is 10.6 Å². The largest absolute Gasteiger partial charge is 0.456 e. The van der Waals surface area contributed by atoms with Crippen molar-refractivity contribution in [2.24, 2.45) is 11.5 Å². The van der Waals surface area contributed by atoms with Gasteiger partial charge in [0.25, 0.3) is 5.91 Å². The van der Waals surface area contributed by atoms with Crippen molar-refractivity contribution in [3.8, 4) is 11.5 Å². The van der Waals surface area contributed by atoms with Gasteiger partial charge in [0.15, 0.2) is 0 Å². The summed E-state index contributed by atoms with van der Waals surface area (Å²) < 4.78 is 5.65. The molecule has 4 N–H and O–H groups in total. The van der Waals surface area contributed by atoms with E-state index < -0.39 is 5.91 Å². The van der Waals surface area contributed by atoms with Gasteiger partial charge >= 0.3 is 0 Å². The lowest BCUT2D eigenvalue weighted by atomic mass is 10.2. The highest BCUT2D eigenvalue weighted by Gasteiger charge is 2.14. The van der Waals surface area contributed by atoms with E-state index in [0.29, 0.717) is 18.0 Å². The van der Waals surface area contributed by atoms with Crippen LogP contribution in [-0.4, -0.2) is 5.91 Å². The lowest BCUT2D eigenvalue weighted by Crippen LogP contribution is -2.13. The Labute approximate surface area is 115 Å². The summed E-state index contributed by atoms with van der Waals surface area (Å²) in [5.74, 6) is 0.275. The standard InChI is InChI=1S/C14H13ClN2O2/c15-11-5-2-6-12(13(11)14(17)18)19-10-4-1-3-9(7-10)8-16/h1-7H,8,16H2,(H2,17,18). The lowest BCUT2D eigenvalue weighted by molar-refractivity contribution is 0.0998. The molecule has 98 valence electrons. The van der Waals surface area contributed by atoms with Crippen LogP contribution in [0.3, 0.4) is 0 Å².